The largest absolute Gasteiger partial charge is 0.341 e. The lowest BCUT2D eigenvalue weighted by atomic mass is 9.94. The Morgan fingerprint density at radius 1 is 1.05 bits per heavy atom. The van der Waals surface area contributed by atoms with Gasteiger partial charge in [0.15, 0.2) is 0 Å². The van der Waals surface area contributed by atoms with Crippen LogP contribution in [-0.2, 0) is 9.59 Å². The van der Waals surface area contributed by atoms with Crippen LogP contribution in [0.1, 0.15) is 52.4 Å². The van der Waals surface area contributed by atoms with Crippen LogP contribution in [0.4, 0.5) is 0 Å². The Balaban J connectivity index is 1.89. The molecule has 0 aromatic carbocycles. The second-order valence-electron chi connectivity index (χ2n) is 6.53. The predicted octanol–water partition coefficient (Wildman–Crippen LogP) is 1.63. The highest BCUT2D eigenvalue weighted by Gasteiger charge is 2.35. The van der Waals surface area contributed by atoms with Crippen molar-refractivity contribution in [3.05, 3.63) is 0 Å². The van der Waals surface area contributed by atoms with Crippen LogP contribution >= 0.6 is 0 Å². The Hall–Kier alpha value is -1.10. The SMILES string of the molecule is CCNCC1CCN(C(=O)C2CCCCN2C(=O)CC)CC1. The summed E-state index contributed by atoms with van der Waals surface area (Å²) in [7, 11) is 0. The number of carbonyl (C=O) groups excluding carboxylic acids is 2. The van der Waals surface area contributed by atoms with Gasteiger partial charge in [0.2, 0.25) is 11.8 Å². The van der Waals surface area contributed by atoms with Crippen molar-refractivity contribution in [3.63, 3.8) is 0 Å². The van der Waals surface area contributed by atoms with Gasteiger partial charge in [-0.25, -0.2) is 0 Å². The van der Waals surface area contributed by atoms with Crippen LogP contribution < -0.4 is 5.32 Å². The Kier molecular flexibility index (Phi) is 6.68. The maximum Gasteiger partial charge on any atom is 0.245 e. The molecule has 0 bridgehead atoms. The Bertz CT molecular complexity index is 378. The smallest absolute Gasteiger partial charge is 0.245 e. The van der Waals surface area contributed by atoms with E-state index in [4.69, 9.17) is 0 Å². The molecule has 22 heavy (non-hydrogen) atoms. The van der Waals surface area contributed by atoms with Gasteiger partial charge in [-0.15, -0.1) is 0 Å². The van der Waals surface area contributed by atoms with E-state index < -0.39 is 0 Å². The van der Waals surface area contributed by atoms with E-state index in [0.717, 1.165) is 64.8 Å². The molecule has 2 heterocycles. The third kappa shape index (κ3) is 4.22. The van der Waals surface area contributed by atoms with E-state index in [1.54, 1.807) is 0 Å². The summed E-state index contributed by atoms with van der Waals surface area (Å²) in [6.45, 7) is 8.52. The lowest BCUT2D eigenvalue weighted by molar-refractivity contribution is -0.148. The molecule has 5 nitrogen and oxygen atoms in total. The van der Waals surface area contributed by atoms with Gasteiger partial charge < -0.3 is 15.1 Å². The fourth-order valence-corrected chi connectivity index (χ4v) is 3.61. The van der Waals surface area contributed by atoms with Crippen molar-refractivity contribution in [1.82, 2.24) is 15.1 Å². The lowest BCUT2D eigenvalue weighted by Crippen LogP contribution is -2.54. The summed E-state index contributed by atoms with van der Waals surface area (Å²) in [5, 5.41) is 3.40. The molecule has 0 aliphatic carbocycles. The molecule has 2 fully saturated rings. The van der Waals surface area contributed by atoms with Crippen LogP contribution in [0, 0.1) is 5.92 Å². The predicted molar refractivity (Wildman–Crippen MR) is 87.5 cm³/mol. The van der Waals surface area contributed by atoms with Gasteiger partial charge in [-0.05, 0) is 51.1 Å². The van der Waals surface area contributed by atoms with Gasteiger partial charge in [0.1, 0.15) is 6.04 Å². The Morgan fingerprint density at radius 3 is 2.41 bits per heavy atom. The fraction of sp³-hybridized carbons (Fsp3) is 0.882. The summed E-state index contributed by atoms with van der Waals surface area (Å²) in [5.41, 5.74) is 0. The molecule has 0 radical (unpaired) electrons. The first-order chi connectivity index (χ1) is 10.7. The molecule has 1 unspecified atom stereocenters. The van der Waals surface area contributed by atoms with Gasteiger partial charge in [-0.2, -0.15) is 0 Å². The minimum absolute atomic E-state index is 0.125. The van der Waals surface area contributed by atoms with Crippen molar-refractivity contribution < 1.29 is 9.59 Å². The van der Waals surface area contributed by atoms with Crippen LogP contribution in [0.25, 0.3) is 0 Å². The van der Waals surface area contributed by atoms with E-state index >= 15 is 0 Å². The number of rotatable bonds is 5. The van der Waals surface area contributed by atoms with E-state index in [-0.39, 0.29) is 17.9 Å². The minimum atomic E-state index is -0.202. The zero-order valence-corrected chi connectivity index (χ0v) is 14.1. The monoisotopic (exact) mass is 309 g/mol. The summed E-state index contributed by atoms with van der Waals surface area (Å²) in [6.07, 6.45) is 5.57. The van der Waals surface area contributed by atoms with Crippen molar-refractivity contribution in [2.45, 2.75) is 58.4 Å². The van der Waals surface area contributed by atoms with Crippen LogP contribution in [0.3, 0.4) is 0 Å². The van der Waals surface area contributed by atoms with E-state index in [1.165, 1.54) is 0 Å². The van der Waals surface area contributed by atoms with E-state index in [2.05, 4.69) is 12.2 Å². The highest BCUT2D eigenvalue weighted by atomic mass is 16.2. The third-order valence-electron chi connectivity index (χ3n) is 5.02. The number of carbonyl (C=O) groups is 2. The minimum Gasteiger partial charge on any atom is -0.341 e. The zero-order valence-electron chi connectivity index (χ0n) is 14.1. The van der Waals surface area contributed by atoms with Crippen LogP contribution in [0.15, 0.2) is 0 Å². The zero-order chi connectivity index (χ0) is 15.9. The van der Waals surface area contributed by atoms with Crippen molar-refractivity contribution in [1.29, 1.82) is 0 Å². The molecule has 5 heteroatoms. The maximum absolute atomic E-state index is 12.8. The number of hydrogen-bond acceptors (Lipinski definition) is 3. The topological polar surface area (TPSA) is 52.7 Å². The van der Waals surface area contributed by atoms with Gasteiger partial charge in [0.25, 0.3) is 0 Å². The van der Waals surface area contributed by atoms with Crippen molar-refractivity contribution in [2.75, 3.05) is 32.7 Å². The van der Waals surface area contributed by atoms with Gasteiger partial charge in [-0.1, -0.05) is 13.8 Å². The molecular formula is C17H31N3O2. The number of nitrogens with zero attached hydrogens (tertiary/aromatic N) is 2. The first-order valence-electron chi connectivity index (χ1n) is 8.96. The van der Waals surface area contributed by atoms with Crippen molar-refractivity contribution >= 4 is 11.8 Å². The third-order valence-corrected chi connectivity index (χ3v) is 5.02. The normalized spacial score (nSPS) is 23.6. The van der Waals surface area contributed by atoms with E-state index in [0.29, 0.717) is 12.3 Å². The molecule has 126 valence electrons. The van der Waals surface area contributed by atoms with Gasteiger partial charge in [0.05, 0.1) is 0 Å². The molecule has 2 amide bonds. The molecule has 0 saturated carbocycles. The summed E-state index contributed by atoms with van der Waals surface area (Å²) in [5.74, 6) is 0.993. The van der Waals surface area contributed by atoms with Crippen LogP contribution in [-0.4, -0.2) is 60.4 Å². The Morgan fingerprint density at radius 2 is 1.77 bits per heavy atom. The highest BCUT2D eigenvalue weighted by molar-refractivity contribution is 5.87. The second kappa shape index (κ2) is 8.51. The maximum atomic E-state index is 12.8. The molecule has 2 aliphatic rings. The van der Waals surface area contributed by atoms with E-state index in [9.17, 15) is 9.59 Å². The molecule has 0 aromatic rings. The fourth-order valence-electron chi connectivity index (χ4n) is 3.61. The van der Waals surface area contributed by atoms with Crippen LogP contribution in [0.2, 0.25) is 0 Å². The number of hydrogen-bond donors (Lipinski definition) is 1. The number of nitrogens with one attached hydrogen (secondary N) is 1. The summed E-state index contributed by atoms with van der Waals surface area (Å²) >= 11 is 0. The van der Waals surface area contributed by atoms with Crippen molar-refractivity contribution in [2.24, 2.45) is 5.92 Å². The molecule has 2 aliphatic heterocycles. The summed E-state index contributed by atoms with van der Waals surface area (Å²) in [6, 6.07) is -0.202. The molecule has 2 rings (SSSR count). The van der Waals surface area contributed by atoms with Gasteiger partial charge in [0, 0.05) is 26.1 Å². The number of likely N-dealkylation sites (tertiary alicyclic amines) is 2. The highest BCUT2D eigenvalue weighted by Crippen LogP contribution is 2.23. The standard InChI is InChI=1S/C17H31N3O2/c1-3-16(21)20-10-6-5-7-15(20)17(22)19-11-8-14(9-12-19)13-18-4-2/h14-15,18H,3-13H2,1-2H3. The first-order valence-corrected chi connectivity index (χ1v) is 8.96. The van der Waals surface area contributed by atoms with E-state index in [1.807, 2.05) is 16.7 Å². The second-order valence-corrected chi connectivity index (χ2v) is 6.53. The van der Waals surface area contributed by atoms with Crippen LogP contribution in [0.5, 0.6) is 0 Å². The molecule has 1 atom stereocenters. The number of piperidine rings is 2. The first kappa shape index (κ1) is 17.3. The molecular weight excluding hydrogens is 278 g/mol. The Labute approximate surface area is 134 Å². The summed E-state index contributed by atoms with van der Waals surface area (Å²) < 4.78 is 0. The quantitative estimate of drug-likeness (QED) is 0.840. The number of amides is 2. The van der Waals surface area contributed by atoms with Gasteiger partial charge >= 0.3 is 0 Å². The molecule has 1 N–H and O–H groups in total. The van der Waals surface area contributed by atoms with Crippen molar-refractivity contribution in [3.8, 4) is 0 Å². The average Bonchev–Trinajstić information content (AvgIpc) is 2.59. The summed E-state index contributed by atoms with van der Waals surface area (Å²) in [4.78, 5) is 28.7. The van der Waals surface area contributed by atoms with Gasteiger partial charge in [-0.3, -0.25) is 9.59 Å². The molecule has 0 spiro atoms. The molecule has 2 saturated heterocycles. The lowest BCUT2D eigenvalue weighted by Gasteiger charge is -2.40. The molecule has 0 aromatic heterocycles. The average molecular weight is 309 g/mol.